The van der Waals surface area contributed by atoms with Crippen molar-refractivity contribution < 1.29 is 4.74 Å². The summed E-state index contributed by atoms with van der Waals surface area (Å²) in [6.45, 7) is 10.1. The second-order valence-corrected chi connectivity index (χ2v) is 11.3. The maximum absolute atomic E-state index is 6.22. The third-order valence-corrected chi connectivity index (χ3v) is 7.55. The molecule has 0 radical (unpaired) electrons. The van der Waals surface area contributed by atoms with Crippen molar-refractivity contribution in [3.8, 4) is 0 Å². The van der Waals surface area contributed by atoms with Gasteiger partial charge in [-0.1, -0.05) is 31.7 Å². The molecule has 0 bridgehead atoms. The Kier molecular flexibility index (Phi) is 6.01. The number of hydrogen-bond acceptors (Lipinski definition) is 8. The zero-order valence-electron chi connectivity index (χ0n) is 19.7. The lowest BCUT2D eigenvalue weighted by Crippen LogP contribution is -2.33. The molecule has 0 unspecified atom stereocenters. The van der Waals surface area contributed by atoms with Crippen LogP contribution in [0.3, 0.4) is 0 Å². The third kappa shape index (κ3) is 4.44. The molecule has 0 aromatic carbocycles. The van der Waals surface area contributed by atoms with Crippen LogP contribution in [-0.2, 0) is 30.7 Å². The fraction of sp³-hybridized carbons (Fsp3) is 0.440. The van der Waals surface area contributed by atoms with E-state index in [0.29, 0.717) is 19.1 Å². The van der Waals surface area contributed by atoms with Crippen LogP contribution >= 0.6 is 23.1 Å². The molecule has 0 amide bonds. The van der Waals surface area contributed by atoms with Gasteiger partial charge in [0.05, 0.1) is 22.4 Å². The Labute approximate surface area is 202 Å². The van der Waals surface area contributed by atoms with Crippen LogP contribution in [0.1, 0.15) is 50.1 Å². The van der Waals surface area contributed by atoms with E-state index < -0.39 is 0 Å². The predicted octanol–water partition coefficient (Wildman–Crippen LogP) is 6.02. The Morgan fingerprint density at radius 3 is 2.79 bits per heavy atom. The summed E-state index contributed by atoms with van der Waals surface area (Å²) in [6, 6.07) is 4.02. The standard InChI is InChI=1S/C25H29N5OS2/c1-14(2)9-18-17-13-31-25(3,4)10-16(17)19-20-21(33-23(19)28-18)22(30-24(29-20)32-5)27-12-15-7-6-8-26-11-15/h6-8,11,14H,9-10,12-13H2,1-5H3,(H,27,29,30). The van der Waals surface area contributed by atoms with Gasteiger partial charge in [0, 0.05) is 42.0 Å². The number of nitrogens with one attached hydrogen (secondary N) is 1. The fourth-order valence-corrected chi connectivity index (χ4v) is 5.87. The zero-order valence-corrected chi connectivity index (χ0v) is 21.4. The molecule has 1 aliphatic heterocycles. The number of hydrogen-bond donors (Lipinski definition) is 1. The number of fused-ring (bicyclic) bond motifs is 5. The van der Waals surface area contributed by atoms with Gasteiger partial charge in [0.2, 0.25) is 0 Å². The summed E-state index contributed by atoms with van der Waals surface area (Å²) in [6.07, 6.45) is 7.49. The minimum Gasteiger partial charge on any atom is -0.370 e. The first-order chi connectivity index (χ1) is 15.8. The fourth-order valence-electron chi connectivity index (χ4n) is 4.38. The number of ether oxygens (including phenoxy) is 1. The molecule has 4 aromatic heterocycles. The molecule has 0 atom stereocenters. The molecule has 0 aliphatic carbocycles. The first-order valence-corrected chi connectivity index (χ1v) is 13.3. The Hall–Kier alpha value is -2.29. The lowest BCUT2D eigenvalue weighted by atomic mass is 9.88. The Balaban J connectivity index is 1.71. The molecule has 0 saturated heterocycles. The van der Waals surface area contributed by atoms with Crippen molar-refractivity contribution in [3.63, 3.8) is 0 Å². The average molecular weight is 480 g/mol. The molecule has 0 saturated carbocycles. The molecule has 172 valence electrons. The summed E-state index contributed by atoms with van der Waals surface area (Å²) >= 11 is 3.26. The number of aromatic nitrogens is 4. The number of pyridine rings is 2. The van der Waals surface area contributed by atoms with Gasteiger partial charge in [-0.05, 0) is 49.6 Å². The monoisotopic (exact) mass is 479 g/mol. The number of nitrogens with zero attached hydrogens (tertiary/aromatic N) is 4. The van der Waals surface area contributed by atoms with E-state index >= 15 is 0 Å². The second kappa shape index (κ2) is 8.81. The highest BCUT2D eigenvalue weighted by Crippen LogP contribution is 2.43. The first kappa shape index (κ1) is 22.5. The van der Waals surface area contributed by atoms with E-state index in [0.717, 1.165) is 50.1 Å². The average Bonchev–Trinajstić information content (AvgIpc) is 3.15. The van der Waals surface area contributed by atoms with Crippen molar-refractivity contribution >= 4 is 49.3 Å². The van der Waals surface area contributed by atoms with Gasteiger partial charge < -0.3 is 10.1 Å². The molecular weight excluding hydrogens is 450 g/mol. The summed E-state index contributed by atoms with van der Waals surface area (Å²) in [5, 5.41) is 5.48. The van der Waals surface area contributed by atoms with Gasteiger partial charge in [-0.3, -0.25) is 4.98 Å². The first-order valence-electron chi connectivity index (χ1n) is 11.3. The van der Waals surface area contributed by atoms with Crippen molar-refractivity contribution in [1.29, 1.82) is 0 Å². The molecule has 1 aliphatic rings. The molecule has 5 rings (SSSR count). The van der Waals surface area contributed by atoms with Crippen molar-refractivity contribution in [1.82, 2.24) is 19.9 Å². The van der Waals surface area contributed by atoms with Gasteiger partial charge in [0.15, 0.2) is 5.16 Å². The van der Waals surface area contributed by atoms with E-state index in [2.05, 4.69) is 44.1 Å². The van der Waals surface area contributed by atoms with Crippen LogP contribution < -0.4 is 5.32 Å². The number of thioether (sulfide) groups is 1. The molecule has 8 heteroatoms. The van der Waals surface area contributed by atoms with E-state index in [-0.39, 0.29) is 5.60 Å². The summed E-state index contributed by atoms with van der Waals surface area (Å²) in [5.74, 6) is 1.39. The summed E-state index contributed by atoms with van der Waals surface area (Å²) in [7, 11) is 0. The molecule has 0 spiro atoms. The number of thiophene rings is 1. The van der Waals surface area contributed by atoms with Crippen LogP contribution in [0.25, 0.3) is 20.4 Å². The zero-order chi connectivity index (χ0) is 23.2. The van der Waals surface area contributed by atoms with Crippen molar-refractivity contribution in [2.24, 2.45) is 5.92 Å². The predicted molar refractivity (Wildman–Crippen MR) is 137 cm³/mol. The maximum Gasteiger partial charge on any atom is 0.189 e. The number of anilines is 1. The van der Waals surface area contributed by atoms with Gasteiger partial charge in [-0.2, -0.15) is 0 Å². The highest BCUT2D eigenvalue weighted by Gasteiger charge is 2.32. The van der Waals surface area contributed by atoms with Crippen LogP contribution in [0.5, 0.6) is 0 Å². The van der Waals surface area contributed by atoms with Gasteiger partial charge >= 0.3 is 0 Å². The maximum atomic E-state index is 6.22. The van der Waals surface area contributed by atoms with Crippen molar-refractivity contribution in [3.05, 3.63) is 46.9 Å². The largest absolute Gasteiger partial charge is 0.370 e. The minimum atomic E-state index is -0.207. The second-order valence-electron chi connectivity index (χ2n) is 9.57. The van der Waals surface area contributed by atoms with Crippen LogP contribution in [0.15, 0.2) is 29.7 Å². The number of rotatable bonds is 6. The Morgan fingerprint density at radius 1 is 1.21 bits per heavy atom. The molecular formula is C25H29N5OS2. The molecule has 33 heavy (non-hydrogen) atoms. The van der Waals surface area contributed by atoms with Crippen molar-refractivity contribution in [2.45, 2.75) is 64.4 Å². The molecule has 6 nitrogen and oxygen atoms in total. The Morgan fingerprint density at radius 2 is 2.06 bits per heavy atom. The Bertz CT molecular complexity index is 1320. The van der Waals surface area contributed by atoms with E-state index in [9.17, 15) is 0 Å². The summed E-state index contributed by atoms with van der Waals surface area (Å²) in [5.41, 5.74) is 5.68. The van der Waals surface area contributed by atoms with Crippen LogP contribution in [0.4, 0.5) is 5.82 Å². The molecule has 1 N–H and O–H groups in total. The van der Waals surface area contributed by atoms with Gasteiger partial charge in [0.1, 0.15) is 10.6 Å². The minimum absolute atomic E-state index is 0.207. The smallest absolute Gasteiger partial charge is 0.189 e. The molecule has 4 aromatic rings. The highest BCUT2D eigenvalue weighted by atomic mass is 32.2. The van der Waals surface area contributed by atoms with E-state index in [4.69, 9.17) is 19.7 Å². The summed E-state index contributed by atoms with van der Waals surface area (Å²) in [4.78, 5) is 20.2. The lowest BCUT2D eigenvalue weighted by molar-refractivity contribution is -0.0402. The summed E-state index contributed by atoms with van der Waals surface area (Å²) < 4.78 is 7.28. The van der Waals surface area contributed by atoms with Crippen LogP contribution in [-0.4, -0.2) is 31.8 Å². The lowest BCUT2D eigenvalue weighted by Gasteiger charge is -2.33. The SMILES string of the molecule is CSc1nc(NCc2cccnc2)c2sc3nc(CC(C)C)c4c(c3c2n1)CC(C)(C)OC4. The van der Waals surface area contributed by atoms with E-state index in [1.807, 2.05) is 18.5 Å². The van der Waals surface area contributed by atoms with Gasteiger partial charge in [-0.15, -0.1) is 11.3 Å². The van der Waals surface area contributed by atoms with E-state index in [1.54, 1.807) is 29.3 Å². The van der Waals surface area contributed by atoms with Gasteiger partial charge in [0.25, 0.3) is 0 Å². The highest BCUT2D eigenvalue weighted by molar-refractivity contribution is 7.98. The topological polar surface area (TPSA) is 72.8 Å². The van der Waals surface area contributed by atoms with E-state index in [1.165, 1.54) is 16.5 Å². The van der Waals surface area contributed by atoms with Crippen LogP contribution in [0, 0.1) is 5.92 Å². The molecule has 5 heterocycles. The third-order valence-electron chi connectivity index (χ3n) is 5.92. The molecule has 0 fully saturated rings. The van der Waals surface area contributed by atoms with Crippen molar-refractivity contribution in [2.75, 3.05) is 11.6 Å². The normalized spacial score (nSPS) is 15.3. The van der Waals surface area contributed by atoms with Crippen LogP contribution in [0.2, 0.25) is 0 Å². The van der Waals surface area contributed by atoms with Gasteiger partial charge in [-0.25, -0.2) is 15.0 Å². The quantitative estimate of drug-likeness (QED) is 0.268.